The van der Waals surface area contributed by atoms with E-state index in [9.17, 15) is 37.5 Å². The van der Waals surface area contributed by atoms with Gasteiger partial charge in [-0.25, -0.2) is 4.79 Å². The van der Waals surface area contributed by atoms with Crippen LogP contribution in [0.15, 0.2) is 77.6 Å². The number of hydrogen-bond donors (Lipinski definition) is 2. The van der Waals surface area contributed by atoms with Crippen LogP contribution in [0.5, 0.6) is 0 Å². The van der Waals surface area contributed by atoms with E-state index < -0.39 is 41.2 Å². The van der Waals surface area contributed by atoms with Gasteiger partial charge in [-0.15, -0.1) is 0 Å². The average molecular weight is 572 g/mol. The number of esters is 1. The third-order valence-corrected chi connectivity index (χ3v) is 6.76. The number of nitrogens with one attached hydrogen (secondary N) is 2. The molecule has 204 valence electrons. The largest absolute Gasteiger partial charge is 1.00 e. The minimum absolute atomic E-state index is 0. The number of amides is 1. The first-order chi connectivity index (χ1) is 19.0. The number of aromatic nitrogens is 1. The van der Waals surface area contributed by atoms with E-state index in [0.29, 0.717) is 10.9 Å². The number of ether oxygens (including phenoxy) is 1. The second kappa shape index (κ2) is 11.9. The van der Waals surface area contributed by atoms with Gasteiger partial charge in [-0.2, -0.15) is 13.2 Å². The summed E-state index contributed by atoms with van der Waals surface area (Å²) in [5.74, 6) is -3.43. The topological polar surface area (TPSA) is 128 Å². The van der Waals surface area contributed by atoms with Crippen molar-refractivity contribution in [1.82, 2.24) is 10.3 Å². The Morgan fingerprint density at radius 2 is 1.63 bits per heavy atom. The molecule has 1 aliphatic rings. The van der Waals surface area contributed by atoms with Gasteiger partial charge in [0.25, 0.3) is 5.56 Å². The number of carbonyl (C=O) groups is 3. The molecule has 0 aliphatic carbocycles. The number of aromatic amines is 1. The summed E-state index contributed by atoms with van der Waals surface area (Å²) in [5.41, 5.74) is -1.61. The van der Waals surface area contributed by atoms with Gasteiger partial charge in [0.15, 0.2) is 0 Å². The Morgan fingerprint density at radius 1 is 0.951 bits per heavy atom. The van der Waals surface area contributed by atoms with Gasteiger partial charge in [0, 0.05) is 22.2 Å². The van der Waals surface area contributed by atoms with Gasteiger partial charge < -0.3 is 24.9 Å². The van der Waals surface area contributed by atoms with Crippen LogP contribution in [0.3, 0.4) is 0 Å². The molecule has 0 bridgehead atoms. The summed E-state index contributed by atoms with van der Waals surface area (Å²) in [6, 6.07) is 16.0. The van der Waals surface area contributed by atoms with E-state index in [1.54, 1.807) is 12.1 Å². The van der Waals surface area contributed by atoms with Crippen LogP contribution in [0.4, 0.5) is 13.2 Å². The van der Waals surface area contributed by atoms with Crippen LogP contribution in [0.25, 0.3) is 22.0 Å². The second-order valence-corrected chi connectivity index (χ2v) is 9.33. The van der Waals surface area contributed by atoms with Gasteiger partial charge in [0.05, 0.1) is 29.1 Å². The summed E-state index contributed by atoms with van der Waals surface area (Å²) in [7, 11) is 0. The molecule has 0 radical (unpaired) electrons. The molecule has 5 rings (SSSR count). The number of hydrogen-bond acceptors (Lipinski definition) is 6. The van der Waals surface area contributed by atoms with Crippen molar-refractivity contribution in [2.75, 3.05) is 6.61 Å². The third kappa shape index (κ3) is 6.22. The fourth-order valence-electron chi connectivity index (χ4n) is 4.85. The van der Waals surface area contributed by atoms with Gasteiger partial charge in [-0.05, 0) is 41.6 Å². The van der Waals surface area contributed by atoms with E-state index in [-0.39, 0.29) is 76.3 Å². The molecule has 0 spiro atoms. The van der Waals surface area contributed by atoms with Crippen LogP contribution < -0.4 is 45.5 Å². The first kappa shape index (κ1) is 30.0. The molecule has 1 fully saturated rings. The number of H-pyrrole nitrogens is 1. The SMILES string of the molecule is O=C([O-])c1ccccc1C(=O)OCC1C[C@@H](c2ccc3cc(-c4ccccc4C(F)(F)F)[nH]c(=O)c3c2)C(=O)N1.[Na+]. The number of benzene rings is 3. The van der Waals surface area contributed by atoms with Crippen molar-refractivity contribution in [2.24, 2.45) is 0 Å². The fraction of sp³-hybridized carbons (Fsp3) is 0.172. The molecule has 1 aliphatic heterocycles. The quantitative estimate of drug-likeness (QED) is 0.255. The van der Waals surface area contributed by atoms with Crippen molar-refractivity contribution in [2.45, 2.75) is 24.6 Å². The molecule has 41 heavy (non-hydrogen) atoms. The third-order valence-electron chi connectivity index (χ3n) is 6.76. The molecule has 2 N–H and O–H groups in total. The number of rotatable bonds is 6. The fourth-order valence-corrected chi connectivity index (χ4v) is 4.85. The Kier molecular flexibility index (Phi) is 8.71. The van der Waals surface area contributed by atoms with Crippen molar-refractivity contribution in [1.29, 1.82) is 0 Å². The maximum atomic E-state index is 13.5. The molecule has 1 aromatic heterocycles. The molecule has 4 aromatic rings. The monoisotopic (exact) mass is 572 g/mol. The Balaban J connectivity index is 0.00000387. The summed E-state index contributed by atoms with van der Waals surface area (Å²) >= 11 is 0. The predicted molar refractivity (Wildman–Crippen MR) is 135 cm³/mol. The average Bonchev–Trinajstić information content (AvgIpc) is 3.31. The van der Waals surface area contributed by atoms with Crippen molar-refractivity contribution < 1.29 is 67.0 Å². The summed E-state index contributed by atoms with van der Waals surface area (Å²) in [4.78, 5) is 51.8. The molecule has 8 nitrogen and oxygen atoms in total. The van der Waals surface area contributed by atoms with Crippen molar-refractivity contribution >= 4 is 28.6 Å². The van der Waals surface area contributed by atoms with Crippen molar-refractivity contribution in [3.63, 3.8) is 0 Å². The van der Waals surface area contributed by atoms with Crippen LogP contribution in [0.2, 0.25) is 0 Å². The smallest absolute Gasteiger partial charge is 0.545 e. The zero-order chi connectivity index (χ0) is 28.6. The molecule has 12 heteroatoms. The molecular formula is C29H20F3N2NaO6. The van der Waals surface area contributed by atoms with E-state index in [2.05, 4.69) is 10.3 Å². The van der Waals surface area contributed by atoms with Crippen LogP contribution in [-0.2, 0) is 15.7 Å². The van der Waals surface area contributed by atoms with E-state index in [1.807, 2.05) is 0 Å². The Hall–Kier alpha value is -3.93. The minimum atomic E-state index is -4.61. The minimum Gasteiger partial charge on any atom is -0.545 e. The van der Waals surface area contributed by atoms with Crippen molar-refractivity contribution in [3.05, 3.63) is 105 Å². The molecule has 2 atom stereocenters. The summed E-state index contributed by atoms with van der Waals surface area (Å²) in [6.45, 7) is -0.210. The Morgan fingerprint density at radius 3 is 2.34 bits per heavy atom. The standard InChI is InChI=1S/C29H21F3N2O6.Na/c30-29(31,32)23-8-4-3-7-20(23)24-12-16-10-9-15(11-21(16)26(36)34-24)22-13-17(33-25(22)35)14-40-28(39)19-6-2-1-5-18(19)27(37)38;/h1-12,17,22H,13-14H2,(H,33,35)(H,34,36)(H,37,38);/q;+1/p-1/t17?,22-;/m0./s1. The number of aromatic carboxylic acids is 1. The van der Waals surface area contributed by atoms with E-state index in [4.69, 9.17) is 4.74 Å². The zero-order valence-corrected chi connectivity index (χ0v) is 23.6. The number of pyridine rings is 1. The van der Waals surface area contributed by atoms with Crippen LogP contribution in [0.1, 0.15) is 44.2 Å². The van der Waals surface area contributed by atoms with Crippen LogP contribution in [0, 0.1) is 0 Å². The predicted octanol–water partition coefficient (Wildman–Crippen LogP) is 0.410. The number of carboxylic acid groups (broad SMARTS) is 1. The van der Waals surface area contributed by atoms with Gasteiger partial charge in [-0.1, -0.05) is 48.5 Å². The molecular weight excluding hydrogens is 552 g/mol. The molecule has 2 heterocycles. The van der Waals surface area contributed by atoms with E-state index in [0.717, 1.165) is 6.07 Å². The molecule has 1 amide bonds. The molecule has 1 unspecified atom stereocenters. The van der Waals surface area contributed by atoms with E-state index in [1.165, 1.54) is 54.6 Å². The van der Waals surface area contributed by atoms with Gasteiger partial charge >= 0.3 is 41.7 Å². The first-order valence-electron chi connectivity index (χ1n) is 12.1. The Labute approximate surface area is 252 Å². The maximum absolute atomic E-state index is 13.5. The Bertz CT molecular complexity index is 1720. The molecule has 1 saturated heterocycles. The number of carbonyl (C=O) groups excluding carboxylic acids is 3. The van der Waals surface area contributed by atoms with E-state index >= 15 is 0 Å². The number of carboxylic acids is 1. The zero-order valence-electron chi connectivity index (χ0n) is 21.6. The normalized spacial score (nSPS) is 16.6. The number of fused-ring (bicyclic) bond motifs is 1. The van der Waals surface area contributed by atoms with Crippen molar-refractivity contribution in [3.8, 4) is 11.3 Å². The molecule has 3 aromatic carbocycles. The van der Waals surface area contributed by atoms with Gasteiger partial charge in [0.2, 0.25) is 5.91 Å². The summed E-state index contributed by atoms with van der Waals surface area (Å²) in [6.07, 6.45) is -4.38. The second-order valence-electron chi connectivity index (χ2n) is 9.33. The van der Waals surface area contributed by atoms with Crippen LogP contribution in [-0.4, -0.2) is 35.5 Å². The number of alkyl halides is 3. The molecule has 0 saturated carbocycles. The summed E-state index contributed by atoms with van der Waals surface area (Å²) < 4.78 is 45.7. The summed E-state index contributed by atoms with van der Waals surface area (Å²) in [5, 5.41) is 14.6. The van der Waals surface area contributed by atoms with Gasteiger partial charge in [0.1, 0.15) is 6.61 Å². The van der Waals surface area contributed by atoms with Crippen LogP contribution >= 0.6 is 0 Å². The van der Waals surface area contributed by atoms with Gasteiger partial charge in [-0.3, -0.25) is 9.59 Å². The maximum Gasteiger partial charge on any atom is 1.00 e. The first-order valence-corrected chi connectivity index (χ1v) is 12.1. The number of halogens is 3.